The normalized spacial score (nSPS) is 17.7. The first-order valence-corrected chi connectivity index (χ1v) is 10.9. The summed E-state index contributed by atoms with van der Waals surface area (Å²) in [6, 6.07) is 3.67. The zero-order chi connectivity index (χ0) is 26.2. The van der Waals surface area contributed by atoms with Crippen molar-refractivity contribution in [2.24, 2.45) is 5.92 Å². The molecule has 0 amide bonds. The fraction of sp³-hybridized carbons (Fsp3) is 0.440. The van der Waals surface area contributed by atoms with E-state index in [-0.39, 0.29) is 24.3 Å². The zero-order valence-electron chi connectivity index (χ0n) is 18.7. The van der Waals surface area contributed by atoms with E-state index in [1.807, 2.05) is 0 Å². The number of alkyl halides is 4. The van der Waals surface area contributed by atoms with Gasteiger partial charge in [0.25, 0.3) is 0 Å². The fourth-order valence-corrected chi connectivity index (χ4v) is 3.78. The predicted molar refractivity (Wildman–Crippen MR) is 112 cm³/mol. The van der Waals surface area contributed by atoms with E-state index in [0.29, 0.717) is 18.1 Å². The van der Waals surface area contributed by atoms with Crippen LogP contribution in [0.5, 0.6) is 5.75 Å². The highest BCUT2D eigenvalue weighted by atomic mass is 19.4. The first-order chi connectivity index (χ1) is 16.4. The van der Waals surface area contributed by atoms with Gasteiger partial charge >= 0.3 is 6.18 Å². The Morgan fingerprint density at radius 3 is 1.89 bits per heavy atom. The minimum absolute atomic E-state index is 0.0329. The van der Waals surface area contributed by atoms with Crippen molar-refractivity contribution in [2.45, 2.75) is 57.5 Å². The highest BCUT2D eigenvalue weighted by Gasteiger charge is 2.24. The van der Waals surface area contributed by atoms with Gasteiger partial charge in [0.15, 0.2) is 5.75 Å². The van der Waals surface area contributed by atoms with Crippen molar-refractivity contribution in [1.82, 2.24) is 0 Å². The number of rotatable bonds is 5. The van der Waals surface area contributed by atoms with Crippen LogP contribution in [0.1, 0.15) is 61.6 Å². The molecule has 0 saturated heterocycles. The summed E-state index contributed by atoms with van der Waals surface area (Å²) >= 11 is 0. The molecular formula is C25H23F9O. The van der Waals surface area contributed by atoms with Crippen LogP contribution in [0.4, 0.5) is 39.6 Å². The molecule has 1 saturated carbocycles. The molecule has 0 heterocycles. The molecule has 10 heteroatoms. The Balaban J connectivity index is 0.000000251. The molecule has 0 N–H and O–H groups in total. The van der Waals surface area contributed by atoms with E-state index >= 15 is 0 Å². The molecule has 0 aliphatic heterocycles. The van der Waals surface area contributed by atoms with Crippen molar-refractivity contribution in [3.63, 3.8) is 0 Å². The maximum absolute atomic E-state index is 13.9. The number of halogens is 9. The number of hydrogen-bond donors (Lipinski definition) is 0. The Bertz CT molecular complexity index is 999. The summed E-state index contributed by atoms with van der Waals surface area (Å²) < 4.78 is 112. The van der Waals surface area contributed by atoms with E-state index in [1.54, 1.807) is 0 Å². The molecule has 1 aliphatic carbocycles. The molecule has 1 nitrogen and oxygen atoms in total. The molecule has 0 unspecified atom stereocenters. The number of hydrogen-bond acceptors (Lipinski definition) is 1. The lowest BCUT2D eigenvalue weighted by atomic mass is 9.79. The van der Waals surface area contributed by atoms with Crippen molar-refractivity contribution in [3.05, 3.63) is 64.2 Å². The second-order valence-corrected chi connectivity index (χ2v) is 8.30. The third-order valence-electron chi connectivity index (χ3n) is 5.64. The summed E-state index contributed by atoms with van der Waals surface area (Å²) in [7, 11) is 0. The Morgan fingerprint density at radius 2 is 1.43 bits per heavy atom. The van der Waals surface area contributed by atoms with Gasteiger partial charge in [0, 0.05) is 28.1 Å². The minimum atomic E-state index is -4.87. The summed E-state index contributed by atoms with van der Waals surface area (Å²) in [4.78, 5) is 3.03. The van der Waals surface area contributed by atoms with Crippen LogP contribution in [0.3, 0.4) is 0 Å². The maximum atomic E-state index is 13.9. The molecule has 0 radical (unpaired) electrons. The molecule has 0 atom stereocenters. The smallest absolute Gasteiger partial charge is 0.294 e. The van der Waals surface area contributed by atoms with Crippen LogP contribution in [-0.2, 0) is 6.42 Å². The lowest BCUT2D eigenvalue weighted by molar-refractivity contribution is -0.0696. The van der Waals surface area contributed by atoms with Crippen molar-refractivity contribution >= 4 is 0 Å². The van der Waals surface area contributed by atoms with Gasteiger partial charge in [-0.15, -0.1) is 0 Å². The highest BCUT2D eigenvalue weighted by Crippen LogP contribution is 2.36. The zero-order valence-corrected chi connectivity index (χ0v) is 18.7. The molecule has 1 aliphatic rings. The fourth-order valence-electron chi connectivity index (χ4n) is 3.78. The Labute approximate surface area is 197 Å². The Hall–Kier alpha value is -2.83. The molecule has 1 fully saturated rings. The van der Waals surface area contributed by atoms with Crippen molar-refractivity contribution in [2.75, 3.05) is 6.67 Å². The van der Waals surface area contributed by atoms with Gasteiger partial charge in [-0.1, -0.05) is 25.7 Å². The second kappa shape index (κ2) is 12.8. The van der Waals surface area contributed by atoms with Crippen molar-refractivity contribution < 1.29 is 44.6 Å². The van der Waals surface area contributed by atoms with E-state index < -0.39 is 47.4 Å². The SMILES string of the molecule is CC1CCC(c2cc(F)c(CCCF)c(F)c2)CC1.FOc1cc(F)c(C#CC(F)(F)F)c(F)c1. The molecule has 192 valence electrons. The molecule has 3 rings (SSSR count). The summed E-state index contributed by atoms with van der Waals surface area (Å²) in [6.07, 6.45) is -0.304. The van der Waals surface area contributed by atoms with Crippen LogP contribution in [0.2, 0.25) is 0 Å². The first kappa shape index (κ1) is 28.4. The van der Waals surface area contributed by atoms with E-state index in [0.717, 1.165) is 37.2 Å². The molecule has 2 aromatic carbocycles. The summed E-state index contributed by atoms with van der Waals surface area (Å²) in [5.41, 5.74) is -0.297. The van der Waals surface area contributed by atoms with Crippen LogP contribution in [0.15, 0.2) is 24.3 Å². The highest BCUT2D eigenvalue weighted by molar-refractivity contribution is 5.41. The van der Waals surface area contributed by atoms with E-state index in [2.05, 4.69) is 11.9 Å². The van der Waals surface area contributed by atoms with Gasteiger partial charge in [-0.05, 0) is 55.2 Å². The quantitative estimate of drug-likeness (QED) is 0.290. The van der Waals surface area contributed by atoms with Gasteiger partial charge in [0.05, 0.1) is 12.2 Å². The summed E-state index contributed by atoms with van der Waals surface area (Å²) in [6.45, 7) is 1.68. The van der Waals surface area contributed by atoms with Crippen LogP contribution >= 0.6 is 0 Å². The van der Waals surface area contributed by atoms with Crippen LogP contribution in [0.25, 0.3) is 0 Å². The van der Waals surface area contributed by atoms with Gasteiger partial charge in [0.2, 0.25) is 0 Å². The van der Waals surface area contributed by atoms with Gasteiger partial charge in [-0.2, -0.15) is 13.2 Å². The standard InChI is InChI=1S/C16H21F3.C9H2F6O/c1-11-4-6-12(7-5-11)13-9-15(18)14(3-2-8-17)16(19)10-13;10-7-3-5(16-15)4-8(11)6(7)1-2-9(12,13)14/h9-12H,2-8H2,1H3;3-4H. The van der Waals surface area contributed by atoms with Crippen LogP contribution in [-0.4, -0.2) is 12.9 Å². The number of benzene rings is 2. The Kier molecular flexibility index (Phi) is 10.3. The van der Waals surface area contributed by atoms with Gasteiger partial charge in [-0.25, -0.2) is 17.6 Å². The average Bonchev–Trinajstić information content (AvgIpc) is 2.78. The third-order valence-corrected chi connectivity index (χ3v) is 5.64. The van der Waals surface area contributed by atoms with E-state index in [4.69, 9.17) is 0 Å². The lowest BCUT2D eigenvalue weighted by Gasteiger charge is -2.26. The van der Waals surface area contributed by atoms with E-state index in [9.17, 15) is 39.6 Å². The lowest BCUT2D eigenvalue weighted by Crippen LogP contribution is -2.12. The molecule has 0 aromatic heterocycles. The summed E-state index contributed by atoms with van der Waals surface area (Å²) in [5, 5.41) is 0. The molecule has 35 heavy (non-hydrogen) atoms. The predicted octanol–water partition coefficient (Wildman–Crippen LogP) is 8.30. The topological polar surface area (TPSA) is 9.23 Å². The monoisotopic (exact) mass is 510 g/mol. The second-order valence-electron chi connectivity index (χ2n) is 8.30. The third kappa shape index (κ3) is 8.71. The van der Waals surface area contributed by atoms with Gasteiger partial charge < -0.3 is 0 Å². The minimum Gasteiger partial charge on any atom is -0.294 e. The summed E-state index contributed by atoms with van der Waals surface area (Å²) in [5.74, 6) is -1.75. The van der Waals surface area contributed by atoms with Gasteiger partial charge in [-0.3, -0.25) is 9.33 Å². The maximum Gasteiger partial charge on any atom is 0.458 e. The van der Waals surface area contributed by atoms with E-state index in [1.165, 1.54) is 18.1 Å². The van der Waals surface area contributed by atoms with Crippen LogP contribution in [0, 0.1) is 41.0 Å². The molecular weight excluding hydrogens is 487 g/mol. The van der Waals surface area contributed by atoms with Crippen LogP contribution < -0.4 is 4.94 Å². The Morgan fingerprint density at radius 1 is 0.886 bits per heavy atom. The van der Waals surface area contributed by atoms with Gasteiger partial charge in [0.1, 0.15) is 23.3 Å². The van der Waals surface area contributed by atoms with Crippen molar-refractivity contribution in [1.29, 1.82) is 0 Å². The molecule has 0 bridgehead atoms. The largest absolute Gasteiger partial charge is 0.458 e. The molecule has 2 aromatic rings. The van der Waals surface area contributed by atoms with Crippen molar-refractivity contribution in [3.8, 4) is 17.6 Å². The average molecular weight is 510 g/mol. The first-order valence-electron chi connectivity index (χ1n) is 10.9. The molecule has 0 spiro atoms.